The summed E-state index contributed by atoms with van der Waals surface area (Å²) in [6.07, 6.45) is 2.74. The number of hydrogen-bond donors (Lipinski definition) is 0. The molecule has 5 aromatic rings. The maximum Gasteiger partial charge on any atom is 0.341 e. The summed E-state index contributed by atoms with van der Waals surface area (Å²) in [4.78, 5) is 38.3. The second-order valence-electron chi connectivity index (χ2n) is 10.0. The van der Waals surface area contributed by atoms with Crippen LogP contribution in [0.1, 0.15) is 61.9 Å². The maximum absolute atomic E-state index is 14.1. The molecule has 218 valence electrons. The number of carbonyl (C=O) groups is 1. The number of pyridine rings is 2. The first kappa shape index (κ1) is 31.3. The van der Waals surface area contributed by atoms with Crippen molar-refractivity contribution in [1.82, 2.24) is 19.5 Å². The summed E-state index contributed by atoms with van der Waals surface area (Å²) in [5.74, 6) is 4.95. The highest BCUT2D eigenvalue weighted by Gasteiger charge is 2.23. The van der Waals surface area contributed by atoms with Crippen LogP contribution in [-0.4, -0.2) is 31.1 Å². The number of carbonyl (C=O) groups excluding carboxylic acids is 1. The molecule has 0 amide bonds. The molecule has 0 unspecified atom stereocenters. The van der Waals surface area contributed by atoms with Gasteiger partial charge in [0.2, 0.25) is 5.95 Å². The fraction of sp³-hybridized carbons (Fsp3) is 0.250. The lowest BCUT2D eigenvalue weighted by atomic mass is 10.00. The van der Waals surface area contributed by atoms with Gasteiger partial charge in [0.1, 0.15) is 23.1 Å². The van der Waals surface area contributed by atoms with Crippen molar-refractivity contribution >= 4 is 50.0 Å². The molecular weight excluding hydrogens is 589 g/mol. The maximum atomic E-state index is 14.1. The zero-order chi connectivity index (χ0) is 31.5. The number of benzene rings is 1. The van der Waals surface area contributed by atoms with Crippen LogP contribution in [0.15, 0.2) is 46.8 Å². The molecular formula is C32H27ClFN5O3S. The lowest BCUT2D eigenvalue weighted by molar-refractivity contribution is 0.00721. The van der Waals surface area contributed by atoms with Crippen LogP contribution in [0, 0.1) is 36.0 Å². The van der Waals surface area contributed by atoms with Gasteiger partial charge < -0.3 is 4.74 Å². The number of rotatable bonds is 3. The minimum atomic E-state index is -1.03. The summed E-state index contributed by atoms with van der Waals surface area (Å²) in [5.41, 5.74) is 1.46. The molecule has 43 heavy (non-hydrogen) atoms. The molecule has 11 heteroatoms. The highest BCUT2D eigenvalue weighted by Crippen LogP contribution is 2.37. The number of aryl methyl sites for hydroxylation is 1. The summed E-state index contributed by atoms with van der Waals surface area (Å²) in [5, 5.41) is 11.4. The molecule has 0 N–H and O–H groups in total. The summed E-state index contributed by atoms with van der Waals surface area (Å²) >= 11 is 7.73. The van der Waals surface area contributed by atoms with Crippen LogP contribution in [0.4, 0.5) is 4.39 Å². The number of thiophene rings is 1. The Morgan fingerprint density at radius 2 is 1.93 bits per heavy atom. The van der Waals surface area contributed by atoms with E-state index < -0.39 is 28.6 Å². The number of hydrogen-bond acceptors (Lipinski definition) is 8. The van der Waals surface area contributed by atoms with Crippen molar-refractivity contribution < 1.29 is 13.9 Å². The van der Waals surface area contributed by atoms with E-state index in [-0.39, 0.29) is 17.4 Å². The van der Waals surface area contributed by atoms with Crippen LogP contribution in [-0.2, 0) is 11.3 Å². The lowest BCUT2D eigenvalue weighted by Crippen LogP contribution is -2.24. The standard InChI is InChI=1S/C30H21ClFN5O3S.C2H6/c1-16-36-23-14-35-27(32)21(13-33)24(23)28(38)37(16)11-5-6-17-7-8-18(31)12-20(17)19-9-10-34-25-22(15-41-26(19)25)29(39)40-30(2,3)4;1-2/h7-10,12,14-15H,11H2,1-4H3;1-2H3. The predicted molar refractivity (Wildman–Crippen MR) is 167 cm³/mol. The van der Waals surface area contributed by atoms with Gasteiger partial charge in [0.15, 0.2) is 0 Å². The van der Waals surface area contributed by atoms with E-state index in [1.165, 1.54) is 15.9 Å². The molecule has 0 spiro atoms. The van der Waals surface area contributed by atoms with E-state index in [4.69, 9.17) is 16.3 Å². The summed E-state index contributed by atoms with van der Waals surface area (Å²) < 4.78 is 21.7. The molecule has 4 heterocycles. The first-order valence-corrected chi connectivity index (χ1v) is 14.6. The number of halogens is 2. The van der Waals surface area contributed by atoms with Gasteiger partial charge in [0.05, 0.1) is 39.4 Å². The smallest absolute Gasteiger partial charge is 0.341 e. The van der Waals surface area contributed by atoms with Crippen molar-refractivity contribution in [3.63, 3.8) is 0 Å². The fourth-order valence-corrected chi connectivity index (χ4v) is 5.46. The molecule has 0 aliphatic heterocycles. The largest absolute Gasteiger partial charge is 0.456 e. The number of aromatic nitrogens is 4. The summed E-state index contributed by atoms with van der Waals surface area (Å²) in [6, 6.07) is 8.77. The van der Waals surface area contributed by atoms with E-state index >= 15 is 0 Å². The van der Waals surface area contributed by atoms with E-state index in [1.54, 1.807) is 63.5 Å². The lowest BCUT2D eigenvalue weighted by Gasteiger charge is -2.19. The topological polar surface area (TPSA) is 111 Å². The molecule has 8 nitrogen and oxygen atoms in total. The van der Waals surface area contributed by atoms with Crippen molar-refractivity contribution in [2.45, 2.75) is 53.7 Å². The van der Waals surface area contributed by atoms with Gasteiger partial charge in [0.25, 0.3) is 5.56 Å². The first-order valence-electron chi connectivity index (χ1n) is 13.3. The minimum absolute atomic E-state index is 0.0575. The Kier molecular flexibility index (Phi) is 9.24. The first-order chi connectivity index (χ1) is 20.5. The molecule has 4 aromatic heterocycles. The molecule has 0 radical (unpaired) electrons. The molecule has 0 bridgehead atoms. The molecule has 0 fully saturated rings. The molecule has 1 aromatic carbocycles. The Bertz CT molecular complexity index is 2050. The van der Waals surface area contributed by atoms with Crippen LogP contribution < -0.4 is 5.56 Å². The van der Waals surface area contributed by atoms with E-state index in [9.17, 15) is 19.2 Å². The van der Waals surface area contributed by atoms with Gasteiger partial charge in [-0.3, -0.25) is 14.3 Å². The van der Waals surface area contributed by atoms with Gasteiger partial charge in [0, 0.05) is 33.3 Å². The Hall–Kier alpha value is -4.64. The monoisotopic (exact) mass is 615 g/mol. The number of nitriles is 1. The number of nitrogens with zero attached hydrogens (tertiary/aromatic N) is 5. The molecule has 0 aliphatic rings. The third kappa shape index (κ3) is 6.41. The number of esters is 1. The molecule has 0 saturated heterocycles. The van der Waals surface area contributed by atoms with Crippen LogP contribution in [0.5, 0.6) is 0 Å². The van der Waals surface area contributed by atoms with Crippen molar-refractivity contribution in [2.75, 3.05) is 0 Å². The second kappa shape index (κ2) is 12.7. The SMILES string of the molecule is CC.Cc1nc2cnc(F)c(C#N)c2c(=O)n1CC#Cc1ccc(Cl)cc1-c1ccnc2c(C(=O)OC(C)(C)C)csc12. The van der Waals surface area contributed by atoms with Crippen LogP contribution in [0.2, 0.25) is 5.02 Å². The normalized spacial score (nSPS) is 10.9. The van der Waals surface area contributed by atoms with Gasteiger partial charge in [-0.1, -0.05) is 37.3 Å². The second-order valence-corrected chi connectivity index (χ2v) is 11.3. The van der Waals surface area contributed by atoms with Gasteiger partial charge in [-0.05, 0) is 52.0 Å². The molecule has 0 aliphatic carbocycles. The van der Waals surface area contributed by atoms with E-state index in [0.29, 0.717) is 27.5 Å². The average molecular weight is 616 g/mol. The Balaban J connectivity index is 0.00000207. The molecule has 0 atom stereocenters. The van der Waals surface area contributed by atoms with Crippen molar-refractivity contribution in [3.8, 4) is 29.0 Å². The van der Waals surface area contributed by atoms with Crippen molar-refractivity contribution in [1.29, 1.82) is 5.26 Å². The van der Waals surface area contributed by atoms with Crippen molar-refractivity contribution in [3.05, 3.63) is 85.9 Å². The summed E-state index contributed by atoms with van der Waals surface area (Å²) in [6.45, 7) is 11.0. The quantitative estimate of drug-likeness (QED) is 0.121. The fourth-order valence-electron chi connectivity index (χ4n) is 4.27. The highest BCUT2D eigenvalue weighted by atomic mass is 35.5. The molecule has 5 rings (SSSR count). The third-order valence-electron chi connectivity index (χ3n) is 6.06. The van der Waals surface area contributed by atoms with Crippen LogP contribution >= 0.6 is 22.9 Å². The van der Waals surface area contributed by atoms with Gasteiger partial charge >= 0.3 is 5.97 Å². The molecule has 0 saturated carbocycles. The number of ether oxygens (including phenoxy) is 1. The Morgan fingerprint density at radius 1 is 1.19 bits per heavy atom. The van der Waals surface area contributed by atoms with Gasteiger partial charge in [-0.25, -0.2) is 14.8 Å². The van der Waals surface area contributed by atoms with Crippen LogP contribution in [0.25, 0.3) is 32.2 Å². The van der Waals surface area contributed by atoms with Gasteiger partial charge in [-0.2, -0.15) is 9.65 Å². The highest BCUT2D eigenvalue weighted by molar-refractivity contribution is 7.18. The van der Waals surface area contributed by atoms with Crippen LogP contribution in [0.3, 0.4) is 0 Å². The third-order valence-corrected chi connectivity index (χ3v) is 7.30. The Morgan fingerprint density at radius 3 is 2.63 bits per heavy atom. The predicted octanol–water partition coefficient (Wildman–Crippen LogP) is 7.07. The number of fused-ring (bicyclic) bond motifs is 2. The summed E-state index contributed by atoms with van der Waals surface area (Å²) in [7, 11) is 0. The minimum Gasteiger partial charge on any atom is -0.456 e. The van der Waals surface area contributed by atoms with Gasteiger partial charge in [-0.15, -0.1) is 11.3 Å². The van der Waals surface area contributed by atoms with E-state index in [2.05, 4.69) is 26.8 Å². The zero-order valence-corrected chi connectivity index (χ0v) is 25.9. The van der Waals surface area contributed by atoms with Crippen molar-refractivity contribution in [2.24, 2.45) is 0 Å². The average Bonchev–Trinajstić information content (AvgIpc) is 3.41. The van der Waals surface area contributed by atoms with E-state index in [1.807, 2.05) is 19.9 Å². The zero-order valence-electron chi connectivity index (χ0n) is 24.4. The Labute approximate surface area is 256 Å². The van der Waals surface area contributed by atoms with E-state index in [0.717, 1.165) is 22.0 Å².